The smallest absolute Gasteiger partial charge is 0.270 e. The summed E-state index contributed by atoms with van der Waals surface area (Å²) in [6.07, 6.45) is 6.95. The van der Waals surface area contributed by atoms with Crippen LogP contribution in [0.5, 0.6) is 0 Å². The second kappa shape index (κ2) is 7.25. The molecule has 7 nitrogen and oxygen atoms in total. The highest BCUT2D eigenvalue weighted by molar-refractivity contribution is 6.05. The van der Waals surface area contributed by atoms with Crippen molar-refractivity contribution in [3.05, 3.63) is 41.4 Å². The normalized spacial score (nSPS) is 15.0. The fourth-order valence-electron chi connectivity index (χ4n) is 2.82. The number of aryl methyl sites for hydroxylation is 1. The van der Waals surface area contributed by atoms with E-state index in [4.69, 9.17) is 4.52 Å². The zero-order valence-corrected chi connectivity index (χ0v) is 13.5. The van der Waals surface area contributed by atoms with Crippen molar-refractivity contribution in [2.24, 2.45) is 0 Å². The summed E-state index contributed by atoms with van der Waals surface area (Å²) in [6, 6.07) is 4.86. The molecule has 7 heteroatoms. The number of nitrogens with one attached hydrogen (secondary N) is 2. The Labute approximate surface area is 139 Å². The number of amides is 2. The molecule has 2 N–H and O–H groups in total. The summed E-state index contributed by atoms with van der Waals surface area (Å²) in [4.78, 5) is 28.6. The van der Waals surface area contributed by atoms with Crippen molar-refractivity contribution in [1.82, 2.24) is 15.5 Å². The van der Waals surface area contributed by atoms with Gasteiger partial charge in [0.2, 0.25) is 0 Å². The topological polar surface area (TPSA) is 97.1 Å². The zero-order chi connectivity index (χ0) is 16.9. The van der Waals surface area contributed by atoms with Gasteiger partial charge in [-0.05, 0) is 31.9 Å². The molecule has 0 unspecified atom stereocenters. The van der Waals surface area contributed by atoms with Crippen molar-refractivity contribution >= 4 is 17.6 Å². The van der Waals surface area contributed by atoms with E-state index in [9.17, 15) is 9.59 Å². The number of nitrogens with zero attached hydrogens (tertiary/aromatic N) is 2. The van der Waals surface area contributed by atoms with Gasteiger partial charge in [0.1, 0.15) is 11.5 Å². The third-order valence-corrected chi connectivity index (χ3v) is 4.06. The standard InChI is InChI=1S/C17H20N4O3/c1-11-9-15(21-24-11)20-16(22)12-7-8-18-14(10-12)17(23)19-13-5-3-2-4-6-13/h7-10,13H,2-6H2,1H3,(H,19,23)(H,20,21,22). The predicted octanol–water partition coefficient (Wildman–Crippen LogP) is 2.69. The van der Waals surface area contributed by atoms with Crippen LogP contribution in [0.1, 0.15) is 58.7 Å². The highest BCUT2D eigenvalue weighted by Crippen LogP contribution is 2.18. The molecule has 2 heterocycles. The van der Waals surface area contributed by atoms with Gasteiger partial charge in [0, 0.05) is 23.9 Å². The minimum Gasteiger partial charge on any atom is -0.360 e. The summed E-state index contributed by atoms with van der Waals surface area (Å²) in [5, 5.41) is 9.33. The second-order valence-electron chi connectivity index (χ2n) is 6.02. The van der Waals surface area contributed by atoms with Crippen LogP contribution < -0.4 is 10.6 Å². The first-order valence-electron chi connectivity index (χ1n) is 8.13. The van der Waals surface area contributed by atoms with Crippen LogP contribution in [0.4, 0.5) is 5.82 Å². The highest BCUT2D eigenvalue weighted by atomic mass is 16.5. The molecule has 126 valence electrons. The SMILES string of the molecule is Cc1cc(NC(=O)c2ccnc(C(=O)NC3CCCCC3)c2)no1. The number of hydrogen-bond donors (Lipinski definition) is 2. The predicted molar refractivity (Wildman–Crippen MR) is 87.8 cm³/mol. The Morgan fingerprint density at radius 1 is 1.17 bits per heavy atom. The maximum atomic E-state index is 12.3. The van der Waals surface area contributed by atoms with Gasteiger partial charge in [0.15, 0.2) is 5.82 Å². The van der Waals surface area contributed by atoms with E-state index in [0.29, 0.717) is 17.1 Å². The fourth-order valence-corrected chi connectivity index (χ4v) is 2.82. The molecular formula is C17H20N4O3. The average Bonchev–Trinajstić information content (AvgIpc) is 3.00. The largest absolute Gasteiger partial charge is 0.360 e. The van der Waals surface area contributed by atoms with E-state index in [1.54, 1.807) is 19.1 Å². The van der Waals surface area contributed by atoms with Crippen molar-refractivity contribution in [2.45, 2.75) is 45.1 Å². The van der Waals surface area contributed by atoms with Gasteiger partial charge in [0.25, 0.3) is 11.8 Å². The van der Waals surface area contributed by atoms with E-state index in [1.807, 2.05) is 0 Å². The number of carbonyl (C=O) groups is 2. The quantitative estimate of drug-likeness (QED) is 0.899. The lowest BCUT2D eigenvalue weighted by Crippen LogP contribution is -2.36. The monoisotopic (exact) mass is 328 g/mol. The summed E-state index contributed by atoms with van der Waals surface area (Å²) in [5.74, 6) is 0.335. The summed E-state index contributed by atoms with van der Waals surface area (Å²) in [6.45, 7) is 1.74. The molecule has 1 saturated carbocycles. The van der Waals surface area contributed by atoms with Gasteiger partial charge in [-0.3, -0.25) is 14.6 Å². The van der Waals surface area contributed by atoms with E-state index in [1.165, 1.54) is 18.7 Å². The van der Waals surface area contributed by atoms with Crippen molar-refractivity contribution in [1.29, 1.82) is 0 Å². The van der Waals surface area contributed by atoms with Gasteiger partial charge in [-0.25, -0.2) is 0 Å². The van der Waals surface area contributed by atoms with Gasteiger partial charge < -0.3 is 15.2 Å². The first kappa shape index (κ1) is 16.2. The number of anilines is 1. The van der Waals surface area contributed by atoms with Crippen molar-refractivity contribution < 1.29 is 14.1 Å². The van der Waals surface area contributed by atoms with Gasteiger partial charge in [0.05, 0.1) is 0 Å². The maximum Gasteiger partial charge on any atom is 0.270 e. The zero-order valence-electron chi connectivity index (χ0n) is 13.5. The third kappa shape index (κ3) is 3.98. The molecule has 0 aliphatic heterocycles. The molecule has 2 amide bonds. The molecule has 0 spiro atoms. The van der Waals surface area contributed by atoms with E-state index in [2.05, 4.69) is 20.8 Å². The van der Waals surface area contributed by atoms with Gasteiger partial charge in [-0.15, -0.1) is 0 Å². The van der Waals surface area contributed by atoms with Crippen LogP contribution in [-0.2, 0) is 0 Å². The van der Waals surface area contributed by atoms with Crippen LogP contribution in [0.15, 0.2) is 28.9 Å². The molecule has 0 saturated heterocycles. The van der Waals surface area contributed by atoms with Crippen LogP contribution in [0, 0.1) is 6.92 Å². The van der Waals surface area contributed by atoms with E-state index in [-0.39, 0.29) is 23.6 Å². The van der Waals surface area contributed by atoms with Gasteiger partial charge in [-0.2, -0.15) is 0 Å². The Bertz CT molecular complexity index is 735. The molecule has 1 fully saturated rings. The third-order valence-electron chi connectivity index (χ3n) is 4.06. The molecule has 24 heavy (non-hydrogen) atoms. The van der Waals surface area contributed by atoms with Crippen LogP contribution >= 0.6 is 0 Å². The lowest BCUT2D eigenvalue weighted by Gasteiger charge is -2.22. The molecule has 0 bridgehead atoms. The van der Waals surface area contributed by atoms with E-state index < -0.39 is 0 Å². The minimum atomic E-state index is -0.364. The van der Waals surface area contributed by atoms with Crippen molar-refractivity contribution in [3.8, 4) is 0 Å². The first-order valence-corrected chi connectivity index (χ1v) is 8.13. The Kier molecular flexibility index (Phi) is 4.88. The number of rotatable bonds is 4. The van der Waals surface area contributed by atoms with Crippen LogP contribution in [0.3, 0.4) is 0 Å². The Morgan fingerprint density at radius 3 is 2.67 bits per heavy atom. The molecule has 2 aromatic heterocycles. The van der Waals surface area contributed by atoms with Gasteiger partial charge in [-0.1, -0.05) is 24.4 Å². The molecule has 2 aromatic rings. The molecule has 0 aromatic carbocycles. The molecular weight excluding hydrogens is 308 g/mol. The van der Waals surface area contributed by atoms with Crippen LogP contribution in [-0.4, -0.2) is 28.0 Å². The maximum absolute atomic E-state index is 12.3. The van der Waals surface area contributed by atoms with Gasteiger partial charge >= 0.3 is 0 Å². The van der Waals surface area contributed by atoms with E-state index >= 15 is 0 Å². The molecule has 0 radical (unpaired) electrons. The Balaban J connectivity index is 1.66. The summed E-state index contributed by atoms with van der Waals surface area (Å²) >= 11 is 0. The minimum absolute atomic E-state index is 0.198. The van der Waals surface area contributed by atoms with Crippen LogP contribution in [0.25, 0.3) is 0 Å². The summed E-state index contributed by atoms with van der Waals surface area (Å²) < 4.78 is 4.91. The molecule has 1 aliphatic rings. The number of hydrogen-bond acceptors (Lipinski definition) is 5. The lowest BCUT2D eigenvalue weighted by molar-refractivity contribution is 0.0922. The van der Waals surface area contributed by atoms with E-state index in [0.717, 1.165) is 25.7 Å². The van der Waals surface area contributed by atoms with Crippen LogP contribution in [0.2, 0.25) is 0 Å². The second-order valence-corrected chi connectivity index (χ2v) is 6.02. The molecule has 3 rings (SSSR count). The molecule has 0 atom stereocenters. The average molecular weight is 328 g/mol. The summed E-state index contributed by atoms with van der Waals surface area (Å²) in [5.41, 5.74) is 0.587. The number of pyridine rings is 1. The number of carbonyl (C=O) groups excluding carboxylic acids is 2. The number of aromatic nitrogens is 2. The van der Waals surface area contributed by atoms with Crippen molar-refractivity contribution in [2.75, 3.05) is 5.32 Å². The fraction of sp³-hybridized carbons (Fsp3) is 0.412. The first-order chi connectivity index (χ1) is 11.6. The lowest BCUT2D eigenvalue weighted by atomic mass is 9.95. The highest BCUT2D eigenvalue weighted by Gasteiger charge is 2.18. The summed E-state index contributed by atoms with van der Waals surface area (Å²) in [7, 11) is 0. The Hall–Kier alpha value is -2.70. The molecule has 1 aliphatic carbocycles. The Morgan fingerprint density at radius 2 is 1.96 bits per heavy atom. The van der Waals surface area contributed by atoms with Crippen molar-refractivity contribution in [3.63, 3.8) is 0 Å².